The number of hydrogen-bond acceptors (Lipinski definition) is 5. The van der Waals surface area contributed by atoms with Gasteiger partial charge in [0, 0.05) is 18.2 Å². The Morgan fingerprint density at radius 2 is 1.87 bits per heavy atom. The first-order chi connectivity index (χ1) is 11.0. The molecule has 120 valence electrons. The van der Waals surface area contributed by atoms with E-state index >= 15 is 0 Å². The highest BCUT2D eigenvalue weighted by Crippen LogP contribution is 2.08. The van der Waals surface area contributed by atoms with Gasteiger partial charge in [0.15, 0.2) is 11.8 Å². The quantitative estimate of drug-likeness (QED) is 0.602. The first kappa shape index (κ1) is 16.6. The maximum Gasteiger partial charge on any atom is 0.359 e. The third-order valence-corrected chi connectivity index (χ3v) is 3.22. The number of nitrogens with zero attached hydrogens (tertiary/aromatic N) is 2. The van der Waals surface area contributed by atoms with Gasteiger partial charge in [0.05, 0.1) is 0 Å². The largest absolute Gasteiger partial charge is 0.449 e. The van der Waals surface area contributed by atoms with Crippen molar-refractivity contribution in [1.29, 1.82) is 0 Å². The van der Waals surface area contributed by atoms with Crippen LogP contribution in [0.1, 0.15) is 41.1 Å². The number of hydrogen-bond donors (Lipinski definition) is 0. The zero-order valence-electron chi connectivity index (χ0n) is 13.1. The Morgan fingerprint density at radius 3 is 2.52 bits per heavy atom. The summed E-state index contributed by atoms with van der Waals surface area (Å²) in [5.74, 6) is -1.02. The minimum atomic E-state index is -0.932. The van der Waals surface area contributed by atoms with E-state index in [1.807, 2.05) is 6.92 Å². The number of carbonyl (C=O) groups excluding carboxylic acids is 2. The van der Waals surface area contributed by atoms with Gasteiger partial charge in [-0.05, 0) is 19.4 Å². The third kappa shape index (κ3) is 4.12. The topological polar surface area (TPSA) is 78.3 Å². The average Bonchev–Trinajstić information content (AvgIpc) is 2.57. The number of ether oxygens (including phenoxy) is 1. The van der Waals surface area contributed by atoms with Crippen molar-refractivity contribution in [3.05, 3.63) is 64.1 Å². The number of Topliss-reactive ketones (excluding diaryl/α,β-unsaturated/α-hetero) is 1. The highest BCUT2D eigenvalue weighted by molar-refractivity contribution is 6.01. The Labute approximate surface area is 133 Å². The highest BCUT2D eigenvalue weighted by Gasteiger charge is 2.21. The van der Waals surface area contributed by atoms with Crippen LogP contribution in [-0.4, -0.2) is 27.6 Å². The second-order valence-electron chi connectivity index (χ2n) is 5.06. The molecular formula is C17H18N2O4. The van der Waals surface area contributed by atoms with Crippen LogP contribution in [-0.2, 0) is 11.3 Å². The van der Waals surface area contributed by atoms with Crippen LogP contribution < -0.4 is 5.56 Å². The number of benzene rings is 1. The van der Waals surface area contributed by atoms with Gasteiger partial charge in [-0.15, -0.1) is 0 Å². The van der Waals surface area contributed by atoms with Crippen molar-refractivity contribution in [2.45, 2.75) is 32.9 Å². The van der Waals surface area contributed by atoms with Gasteiger partial charge in [-0.25, -0.2) is 9.48 Å². The lowest BCUT2D eigenvalue weighted by atomic mass is 10.1. The maximum absolute atomic E-state index is 12.2. The lowest BCUT2D eigenvalue weighted by Crippen LogP contribution is -2.28. The zero-order chi connectivity index (χ0) is 16.8. The average molecular weight is 314 g/mol. The summed E-state index contributed by atoms with van der Waals surface area (Å²) in [6, 6.07) is 11.2. The van der Waals surface area contributed by atoms with Crippen molar-refractivity contribution in [3.63, 3.8) is 0 Å². The highest BCUT2D eigenvalue weighted by atomic mass is 16.5. The van der Waals surface area contributed by atoms with Gasteiger partial charge >= 0.3 is 5.97 Å². The van der Waals surface area contributed by atoms with Crippen molar-refractivity contribution >= 4 is 11.8 Å². The molecule has 0 fully saturated rings. The Bertz CT molecular complexity index is 753. The van der Waals surface area contributed by atoms with Crippen LogP contribution in [0.4, 0.5) is 0 Å². The minimum absolute atomic E-state index is 0.00533. The van der Waals surface area contributed by atoms with Crippen molar-refractivity contribution in [2.75, 3.05) is 0 Å². The second kappa shape index (κ2) is 7.49. The number of carbonyl (C=O) groups is 2. The first-order valence-electron chi connectivity index (χ1n) is 7.41. The molecule has 0 amide bonds. The fourth-order valence-corrected chi connectivity index (χ4v) is 2.04. The van der Waals surface area contributed by atoms with E-state index in [2.05, 4.69) is 5.10 Å². The molecule has 23 heavy (non-hydrogen) atoms. The van der Waals surface area contributed by atoms with Crippen molar-refractivity contribution in [1.82, 2.24) is 9.78 Å². The van der Waals surface area contributed by atoms with Crippen molar-refractivity contribution in [2.24, 2.45) is 0 Å². The lowest BCUT2D eigenvalue weighted by molar-refractivity contribution is 0.0310. The molecule has 0 radical (unpaired) electrons. The fraction of sp³-hybridized carbons (Fsp3) is 0.294. The van der Waals surface area contributed by atoms with E-state index in [4.69, 9.17) is 4.74 Å². The molecule has 1 heterocycles. The summed E-state index contributed by atoms with van der Waals surface area (Å²) in [5.41, 5.74) is 0.194. The number of esters is 1. The van der Waals surface area contributed by atoms with Gasteiger partial charge < -0.3 is 4.74 Å². The molecule has 0 aliphatic rings. The number of rotatable bonds is 6. The lowest BCUT2D eigenvalue weighted by Gasteiger charge is -2.12. The smallest absolute Gasteiger partial charge is 0.359 e. The Balaban J connectivity index is 2.11. The normalized spacial score (nSPS) is 11.7. The summed E-state index contributed by atoms with van der Waals surface area (Å²) in [5, 5.41) is 3.97. The molecule has 0 bridgehead atoms. The predicted molar refractivity (Wildman–Crippen MR) is 84.4 cm³/mol. The van der Waals surface area contributed by atoms with Gasteiger partial charge in [0.25, 0.3) is 5.56 Å². The van der Waals surface area contributed by atoms with Crippen LogP contribution in [0.5, 0.6) is 0 Å². The standard InChI is InChI=1S/C17H18N2O4/c1-3-11-19-15(20)10-9-14(18-19)17(22)23-12(2)16(21)13-7-5-4-6-8-13/h4-10,12H,3,11H2,1-2H3. The van der Waals surface area contributed by atoms with E-state index < -0.39 is 12.1 Å². The van der Waals surface area contributed by atoms with Gasteiger partial charge in [0.1, 0.15) is 0 Å². The molecule has 1 aromatic carbocycles. The Hall–Kier alpha value is -2.76. The summed E-state index contributed by atoms with van der Waals surface area (Å²) in [7, 11) is 0. The summed E-state index contributed by atoms with van der Waals surface area (Å²) in [6.45, 7) is 3.83. The molecule has 0 saturated heterocycles. The van der Waals surface area contributed by atoms with Crippen LogP contribution >= 0.6 is 0 Å². The zero-order valence-corrected chi connectivity index (χ0v) is 13.1. The molecular weight excluding hydrogens is 296 g/mol. The summed E-state index contributed by atoms with van der Waals surface area (Å²) >= 11 is 0. The van der Waals surface area contributed by atoms with Gasteiger partial charge in [-0.1, -0.05) is 37.3 Å². The van der Waals surface area contributed by atoms with E-state index in [1.54, 1.807) is 30.3 Å². The Morgan fingerprint density at radius 1 is 1.17 bits per heavy atom. The Kier molecular flexibility index (Phi) is 5.41. The van der Waals surface area contributed by atoms with E-state index in [0.29, 0.717) is 18.5 Å². The molecule has 2 aromatic rings. The second-order valence-corrected chi connectivity index (χ2v) is 5.06. The van der Waals surface area contributed by atoms with Gasteiger partial charge in [-0.3, -0.25) is 9.59 Å². The van der Waals surface area contributed by atoms with Crippen molar-refractivity contribution < 1.29 is 14.3 Å². The molecule has 0 aliphatic heterocycles. The van der Waals surface area contributed by atoms with Crippen LogP contribution in [0.15, 0.2) is 47.3 Å². The molecule has 0 aliphatic carbocycles. The molecule has 0 saturated carbocycles. The fourth-order valence-electron chi connectivity index (χ4n) is 2.04. The molecule has 0 spiro atoms. The third-order valence-electron chi connectivity index (χ3n) is 3.22. The van der Waals surface area contributed by atoms with Gasteiger partial charge in [0.2, 0.25) is 5.78 Å². The van der Waals surface area contributed by atoms with Crippen LogP contribution in [0, 0.1) is 0 Å². The molecule has 2 rings (SSSR count). The van der Waals surface area contributed by atoms with E-state index in [0.717, 1.165) is 0 Å². The minimum Gasteiger partial charge on any atom is -0.449 e. The summed E-state index contributed by atoms with van der Waals surface area (Å²) in [4.78, 5) is 35.9. The molecule has 0 N–H and O–H groups in total. The van der Waals surface area contributed by atoms with Crippen LogP contribution in [0.3, 0.4) is 0 Å². The van der Waals surface area contributed by atoms with Crippen molar-refractivity contribution in [3.8, 4) is 0 Å². The van der Waals surface area contributed by atoms with E-state index in [9.17, 15) is 14.4 Å². The molecule has 6 heteroatoms. The molecule has 6 nitrogen and oxygen atoms in total. The van der Waals surface area contributed by atoms with Crippen LogP contribution in [0.2, 0.25) is 0 Å². The summed E-state index contributed by atoms with van der Waals surface area (Å²) < 4.78 is 6.37. The van der Waals surface area contributed by atoms with E-state index in [-0.39, 0.29) is 17.0 Å². The molecule has 1 aromatic heterocycles. The predicted octanol–water partition coefficient (Wildman–Crippen LogP) is 2.08. The number of ketones is 1. The number of aromatic nitrogens is 2. The van der Waals surface area contributed by atoms with Crippen LogP contribution in [0.25, 0.3) is 0 Å². The first-order valence-corrected chi connectivity index (χ1v) is 7.41. The van der Waals surface area contributed by atoms with E-state index in [1.165, 1.54) is 23.7 Å². The molecule has 1 atom stereocenters. The molecule has 1 unspecified atom stereocenters. The van der Waals surface area contributed by atoms with Gasteiger partial charge in [-0.2, -0.15) is 5.10 Å². The number of aryl methyl sites for hydroxylation is 1. The SMILES string of the molecule is CCCn1nc(C(=O)OC(C)C(=O)c2ccccc2)ccc1=O. The summed E-state index contributed by atoms with van der Waals surface area (Å²) in [6.07, 6.45) is -0.216. The monoisotopic (exact) mass is 314 g/mol. The maximum atomic E-state index is 12.2.